The van der Waals surface area contributed by atoms with Crippen LogP contribution in [0.3, 0.4) is 0 Å². The van der Waals surface area contributed by atoms with E-state index in [2.05, 4.69) is 48.8 Å². The second-order valence-electron chi connectivity index (χ2n) is 3.75. The molecule has 0 saturated heterocycles. The third-order valence-electron chi connectivity index (χ3n) is 2.69. The smallest absolute Gasteiger partial charge is 0.0740 e. The van der Waals surface area contributed by atoms with Gasteiger partial charge >= 0.3 is 0 Å². The van der Waals surface area contributed by atoms with Crippen LogP contribution in [0.5, 0.6) is 0 Å². The zero-order valence-electron chi connectivity index (χ0n) is 9.12. The van der Waals surface area contributed by atoms with Crippen LogP contribution in [0.1, 0.15) is 23.7 Å². The van der Waals surface area contributed by atoms with Crippen LogP contribution >= 0.6 is 12.6 Å². The summed E-state index contributed by atoms with van der Waals surface area (Å²) >= 11 is 4.37. The summed E-state index contributed by atoms with van der Waals surface area (Å²) in [6.45, 7) is 4.21. The lowest BCUT2D eigenvalue weighted by Gasteiger charge is -2.08. The molecule has 0 fully saturated rings. The summed E-state index contributed by atoms with van der Waals surface area (Å²) in [7, 11) is 0. The molecule has 0 aliphatic carbocycles. The third-order valence-corrected chi connectivity index (χ3v) is 3.03. The molecular formula is C13H15NS. The first-order valence-electron chi connectivity index (χ1n) is 5.25. The molecule has 1 aromatic carbocycles. The van der Waals surface area contributed by atoms with Gasteiger partial charge in [-0.3, -0.25) is 4.98 Å². The summed E-state index contributed by atoms with van der Waals surface area (Å²) < 4.78 is 0. The number of nitrogens with zero attached hydrogens (tertiary/aromatic N) is 1. The van der Waals surface area contributed by atoms with E-state index in [0.29, 0.717) is 0 Å². The molecule has 0 amide bonds. The van der Waals surface area contributed by atoms with Crippen molar-refractivity contribution >= 4 is 23.5 Å². The Bertz CT molecular complexity index is 491. The van der Waals surface area contributed by atoms with Crippen molar-refractivity contribution in [2.24, 2.45) is 0 Å². The number of hydrogen-bond acceptors (Lipinski definition) is 2. The highest BCUT2D eigenvalue weighted by Gasteiger charge is 2.05. The molecule has 2 heteroatoms. The highest BCUT2D eigenvalue weighted by atomic mass is 32.1. The molecule has 1 aromatic heterocycles. The van der Waals surface area contributed by atoms with Gasteiger partial charge in [0.05, 0.1) is 5.52 Å². The minimum atomic E-state index is 0.771. The van der Waals surface area contributed by atoms with Crippen LogP contribution in [0, 0.1) is 6.92 Å². The average Bonchev–Trinajstić information content (AvgIpc) is 2.27. The summed E-state index contributed by atoms with van der Waals surface area (Å²) in [4.78, 5) is 4.62. The molecule has 0 radical (unpaired) electrons. The van der Waals surface area contributed by atoms with Crippen LogP contribution in [0.2, 0.25) is 0 Å². The maximum absolute atomic E-state index is 4.62. The molecule has 0 saturated carbocycles. The molecule has 2 rings (SSSR count). The Morgan fingerprint density at radius 2 is 2.07 bits per heavy atom. The molecule has 78 valence electrons. The second-order valence-corrected chi connectivity index (χ2v) is 4.06. The topological polar surface area (TPSA) is 12.9 Å². The van der Waals surface area contributed by atoms with Gasteiger partial charge in [-0.1, -0.05) is 25.1 Å². The van der Waals surface area contributed by atoms with Gasteiger partial charge in [-0.05, 0) is 30.5 Å². The molecule has 2 aromatic rings. The van der Waals surface area contributed by atoms with Gasteiger partial charge in [0.25, 0.3) is 0 Å². The zero-order valence-corrected chi connectivity index (χ0v) is 10.0. The quantitative estimate of drug-likeness (QED) is 0.759. The Hall–Kier alpha value is -1.02. The van der Waals surface area contributed by atoms with E-state index in [1.54, 1.807) is 0 Å². The molecule has 0 unspecified atom stereocenters. The van der Waals surface area contributed by atoms with E-state index in [4.69, 9.17) is 0 Å². The zero-order chi connectivity index (χ0) is 10.8. The molecule has 0 bridgehead atoms. The van der Waals surface area contributed by atoms with E-state index in [0.717, 1.165) is 23.4 Å². The molecule has 0 aliphatic heterocycles. The van der Waals surface area contributed by atoms with Crippen molar-refractivity contribution < 1.29 is 0 Å². The number of thiol groups is 1. The van der Waals surface area contributed by atoms with Gasteiger partial charge in [0.1, 0.15) is 0 Å². The van der Waals surface area contributed by atoms with Crippen molar-refractivity contribution in [3.63, 3.8) is 0 Å². The number of fused-ring (bicyclic) bond motifs is 1. The number of rotatable bonds is 2. The van der Waals surface area contributed by atoms with Crippen LogP contribution in [-0.2, 0) is 12.2 Å². The van der Waals surface area contributed by atoms with E-state index < -0.39 is 0 Å². The van der Waals surface area contributed by atoms with Gasteiger partial charge in [-0.2, -0.15) is 12.6 Å². The fourth-order valence-electron chi connectivity index (χ4n) is 1.94. The van der Waals surface area contributed by atoms with Crippen LogP contribution < -0.4 is 0 Å². The maximum atomic E-state index is 4.62. The predicted molar refractivity (Wildman–Crippen MR) is 68.5 cm³/mol. The van der Waals surface area contributed by atoms with Crippen LogP contribution in [0.15, 0.2) is 24.3 Å². The number of aryl methyl sites for hydroxylation is 2. The van der Waals surface area contributed by atoms with Crippen LogP contribution in [0.25, 0.3) is 10.9 Å². The lowest BCUT2D eigenvalue weighted by molar-refractivity contribution is 1.13. The standard InChI is InChI=1S/C13H15NS/c1-3-10-5-4-6-12-11(8-15)7-9(2)14-13(10)12/h4-7,15H,3,8H2,1-2H3. The van der Waals surface area contributed by atoms with Crippen molar-refractivity contribution in [3.8, 4) is 0 Å². The van der Waals surface area contributed by atoms with E-state index in [1.165, 1.54) is 16.5 Å². The summed E-state index contributed by atoms with van der Waals surface area (Å²) in [6.07, 6.45) is 1.03. The third kappa shape index (κ3) is 1.86. The van der Waals surface area contributed by atoms with Gasteiger partial charge in [-0.15, -0.1) is 0 Å². The van der Waals surface area contributed by atoms with Crippen molar-refractivity contribution in [3.05, 3.63) is 41.1 Å². The lowest BCUT2D eigenvalue weighted by atomic mass is 10.0. The number of aromatic nitrogens is 1. The normalized spacial score (nSPS) is 10.9. The van der Waals surface area contributed by atoms with Crippen LogP contribution in [0.4, 0.5) is 0 Å². The van der Waals surface area contributed by atoms with Crippen LogP contribution in [-0.4, -0.2) is 4.98 Å². The van der Waals surface area contributed by atoms with Crippen molar-refractivity contribution in [2.45, 2.75) is 26.0 Å². The van der Waals surface area contributed by atoms with Gasteiger partial charge in [0.15, 0.2) is 0 Å². The van der Waals surface area contributed by atoms with Crippen molar-refractivity contribution in [1.82, 2.24) is 4.98 Å². The van der Waals surface area contributed by atoms with E-state index in [9.17, 15) is 0 Å². The summed E-state index contributed by atoms with van der Waals surface area (Å²) in [6, 6.07) is 8.50. The molecule has 0 atom stereocenters. The first-order chi connectivity index (χ1) is 7.26. The van der Waals surface area contributed by atoms with Gasteiger partial charge < -0.3 is 0 Å². The number of benzene rings is 1. The molecule has 1 heterocycles. The first kappa shape index (κ1) is 10.5. The molecule has 0 aliphatic rings. The molecule has 0 spiro atoms. The molecular weight excluding hydrogens is 202 g/mol. The van der Waals surface area contributed by atoms with Gasteiger partial charge in [-0.25, -0.2) is 0 Å². The monoisotopic (exact) mass is 217 g/mol. The Kier molecular flexibility index (Phi) is 2.96. The second kappa shape index (κ2) is 4.23. The van der Waals surface area contributed by atoms with Crippen molar-refractivity contribution in [2.75, 3.05) is 0 Å². The fourth-order valence-corrected chi connectivity index (χ4v) is 2.20. The predicted octanol–water partition coefficient (Wildman–Crippen LogP) is 3.54. The first-order valence-corrected chi connectivity index (χ1v) is 5.88. The fraction of sp³-hybridized carbons (Fsp3) is 0.308. The Morgan fingerprint density at radius 1 is 1.27 bits per heavy atom. The van der Waals surface area contributed by atoms with E-state index in [-0.39, 0.29) is 0 Å². The lowest BCUT2D eigenvalue weighted by Crippen LogP contribution is -1.93. The van der Waals surface area contributed by atoms with E-state index in [1.807, 2.05) is 6.92 Å². The maximum Gasteiger partial charge on any atom is 0.0740 e. The minimum Gasteiger partial charge on any atom is -0.253 e. The number of pyridine rings is 1. The Labute approximate surface area is 95.9 Å². The van der Waals surface area contributed by atoms with Gasteiger partial charge in [0.2, 0.25) is 0 Å². The largest absolute Gasteiger partial charge is 0.253 e. The number of para-hydroxylation sites is 1. The molecule has 1 nitrogen and oxygen atoms in total. The summed E-state index contributed by atoms with van der Waals surface area (Å²) in [5, 5.41) is 1.25. The Balaban J connectivity index is 2.82. The number of hydrogen-bond donors (Lipinski definition) is 1. The minimum absolute atomic E-state index is 0.771. The SMILES string of the molecule is CCc1cccc2c(CS)cc(C)nc12. The molecule has 0 N–H and O–H groups in total. The van der Waals surface area contributed by atoms with Crippen molar-refractivity contribution in [1.29, 1.82) is 0 Å². The van der Waals surface area contributed by atoms with Gasteiger partial charge in [0, 0.05) is 16.8 Å². The molecule has 15 heavy (non-hydrogen) atoms. The highest BCUT2D eigenvalue weighted by Crippen LogP contribution is 2.23. The van der Waals surface area contributed by atoms with E-state index >= 15 is 0 Å². The summed E-state index contributed by atoms with van der Waals surface area (Å²) in [5.74, 6) is 0.771. The average molecular weight is 217 g/mol. The Morgan fingerprint density at radius 3 is 2.73 bits per heavy atom. The summed E-state index contributed by atoms with van der Waals surface area (Å²) in [5.41, 5.74) is 4.81. The highest BCUT2D eigenvalue weighted by molar-refractivity contribution is 7.79.